The second kappa shape index (κ2) is 40.5. The minimum Gasteiger partial charge on any atom is 0 e. The van der Waals surface area contributed by atoms with Crippen LogP contribution in [0.1, 0.15) is 0 Å². The van der Waals surface area contributed by atoms with Crippen LogP contribution in [0.3, 0.4) is 0 Å². The summed E-state index contributed by atoms with van der Waals surface area (Å²) < 4.78 is 0. The molecular formula is AlCrCuFeNiTi. The van der Waals surface area contributed by atoms with E-state index in [0.29, 0.717) is 0 Å². The van der Waals surface area contributed by atoms with Crippen LogP contribution < -0.4 is 0 Å². The molecule has 0 aromatic rings. The maximum absolute atomic E-state index is 0. The molecule has 4 radical (unpaired) electrons. The Bertz CT molecular complexity index is 15.5. The van der Waals surface area contributed by atoms with E-state index in [1.54, 1.807) is 0 Å². The van der Waals surface area contributed by atoms with Crippen molar-refractivity contribution in [3.8, 4) is 0 Å². The van der Waals surface area contributed by atoms with Gasteiger partial charge in [-0.05, 0) is 0 Å². The van der Waals surface area contributed by atoms with Crippen molar-refractivity contribution in [1.82, 2.24) is 0 Å². The van der Waals surface area contributed by atoms with Gasteiger partial charge in [0.05, 0.1) is 0 Å². The Morgan fingerprint density at radius 2 is 1.00 bits per heavy atom. The van der Waals surface area contributed by atoms with E-state index in [4.69, 9.17) is 0 Å². The molecule has 0 aliphatic rings. The summed E-state index contributed by atoms with van der Waals surface area (Å²) in [5.41, 5.74) is 0. The molecule has 6 heavy (non-hydrogen) atoms. The van der Waals surface area contributed by atoms with Gasteiger partial charge in [-0.25, -0.2) is 0 Å². The molecule has 42 valence electrons. The van der Waals surface area contributed by atoms with Crippen LogP contribution in [0, 0.1) is 0 Å². The first-order valence-corrected chi connectivity index (χ1v) is 0. The van der Waals surface area contributed by atoms with Gasteiger partial charge < -0.3 is 0 Å². The second-order valence-electron chi connectivity index (χ2n) is 0. The first-order chi connectivity index (χ1) is 0. The van der Waals surface area contributed by atoms with E-state index >= 15 is 0 Å². The Labute approximate surface area is 105 Å². The van der Waals surface area contributed by atoms with E-state index in [9.17, 15) is 0 Å². The Kier molecular flexibility index (Phi) is 396. The zero-order chi connectivity index (χ0) is 0. The molecule has 0 spiro atoms. The molecule has 0 rings (SSSR count). The van der Waals surface area contributed by atoms with Gasteiger partial charge in [-0.1, -0.05) is 0 Å². The van der Waals surface area contributed by atoms with E-state index in [1.807, 2.05) is 0 Å². The van der Waals surface area contributed by atoms with Crippen LogP contribution in [-0.2, 0) is 89.7 Å². The fraction of sp³-hybridized carbons (Fsp3) is 0. The quantitative estimate of drug-likeness (QED) is 0.535. The maximum Gasteiger partial charge on any atom is 0 e. The summed E-state index contributed by atoms with van der Waals surface area (Å²) in [4.78, 5) is 0. The van der Waals surface area contributed by atoms with Gasteiger partial charge in [-0.15, -0.1) is 0 Å². The molecule has 0 saturated carbocycles. The number of hydrogen-bond donors (Lipinski definition) is 0. The summed E-state index contributed by atoms with van der Waals surface area (Å²) in [5.74, 6) is 0. The van der Waals surface area contributed by atoms with E-state index in [-0.39, 0.29) is 107 Å². The zero-order valence-corrected chi connectivity index (χ0v) is 9.48. The molecule has 6 heteroatoms. The molecule has 0 aromatic carbocycles. The summed E-state index contributed by atoms with van der Waals surface area (Å²) in [6, 6.07) is 0. The van der Waals surface area contributed by atoms with Crippen molar-refractivity contribution in [3.05, 3.63) is 0 Å². The van der Waals surface area contributed by atoms with Gasteiger partial charge in [0.15, 0.2) is 0 Å². The Balaban J connectivity index is 0. The molecule has 0 fully saturated rings. The average Bonchev–Trinajstić information content (AvgIpc) is 0. The Morgan fingerprint density at radius 3 is 1.00 bits per heavy atom. The minimum absolute atomic E-state index is 0. The molecule has 0 bridgehead atoms. The Hall–Kier alpha value is 3.31. The van der Waals surface area contributed by atoms with Gasteiger partial charge in [0.1, 0.15) is 0 Å². The summed E-state index contributed by atoms with van der Waals surface area (Å²) in [6.45, 7) is 0. The van der Waals surface area contributed by atoms with Crippen molar-refractivity contribution in [2.45, 2.75) is 0 Å². The van der Waals surface area contributed by atoms with Crippen molar-refractivity contribution in [3.63, 3.8) is 0 Å². The molecule has 0 heterocycles. The van der Waals surface area contributed by atoms with Gasteiger partial charge >= 0.3 is 0 Å². The maximum atomic E-state index is 0. The second-order valence-corrected chi connectivity index (χ2v) is 0. The number of rotatable bonds is 0. The van der Waals surface area contributed by atoms with Crippen molar-refractivity contribution in [2.75, 3.05) is 0 Å². The van der Waals surface area contributed by atoms with E-state index in [1.165, 1.54) is 0 Å². The topological polar surface area (TPSA) is 0 Å². The van der Waals surface area contributed by atoms with Crippen LogP contribution in [0.25, 0.3) is 0 Å². The van der Waals surface area contributed by atoms with Crippen molar-refractivity contribution >= 4 is 17.4 Å². The number of hydrogen-bond acceptors (Lipinski definition) is 0. The molecule has 0 atom stereocenters. The molecule has 0 amide bonds. The SMILES string of the molecule is [Al].[Cr].[Cu].[Fe].[Ni].[Ti]. The third kappa shape index (κ3) is 26.6. The minimum atomic E-state index is 0. The molecular weight excluding hydrogens is 305 g/mol. The fourth-order valence-corrected chi connectivity index (χ4v) is 0. The molecule has 0 aliphatic carbocycles. The Morgan fingerprint density at radius 1 is 1.00 bits per heavy atom. The van der Waals surface area contributed by atoms with Gasteiger partial charge in [0, 0.05) is 107 Å². The standard InChI is InChI=1S/Al.Cr.Cu.Fe.Ni.Ti. The van der Waals surface area contributed by atoms with Crippen LogP contribution in [0.15, 0.2) is 0 Å². The monoisotopic (exact) mass is 304 g/mol. The molecule has 0 aromatic heterocycles. The van der Waals surface area contributed by atoms with Gasteiger partial charge in [0.2, 0.25) is 0 Å². The van der Waals surface area contributed by atoms with E-state index < -0.39 is 0 Å². The van der Waals surface area contributed by atoms with Crippen LogP contribution in [-0.4, -0.2) is 17.4 Å². The van der Waals surface area contributed by atoms with Crippen LogP contribution in [0.2, 0.25) is 0 Å². The average molecular weight is 305 g/mol. The molecule has 0 saturated heterocycles. The fourth-order valence-electron chi connectivity index (χ4n) is 0. The largest absolute Gasteiger partial charge is 0 e. The molecule has 0 nitrogen and oxygen atoms in total. The summed E-state index contributed by atoms with van der Waals surface area (Å²) in [6.07, 6.45) is 0. The van der Waals surface area contributed by atoms with Crippen LogP contribution in [0.4, 0.5) is 0 Å². The van der Waals surface area contributed by atoms with Crippen molar-refractivity contribution in [1.29, 1.82) is 0 Å². The molecule has 0 aliphatic heterocycles. The predicted octanol–water partition coefficient (Wildman–Crippen LogP) is -0.393. The van der Waals surface area contributed by atoms with Crippen molar-refractivity contribution in [2.24, 2.45) is 0 Å². The van der Waals surface area contributed by atoms with Gasteiger partial charge in [-0.2, -0.15) is 0 Å². The molecule has 0 unspecified atom stereocenters. The van der Waals surface area contributed by atoms with Crippen LogP contribution in [0.5, 0.6) is 0 Å². The summed E-state index contributed by atoms with van der Waals surface area (Å²) in [5, 5.41) is 0. The first kappa shape index (κ1) is 58.7. The smallest absolute Gasteiger partial charge is 0 e. The van der Waals surface area contributed by atoms with Gasteiger partial charge in [0.25, 0.3) is 0 Å². The van der Waals surface area contributed by atoms with Crippen LogP contribution >= 0.6 is 0 Å². The van der Waals surface area contributed by atoms with Gasteiger partial charge in [-0.3, -0.25) is 0 Å². The van der Waals surface area contributed by atoms with E-state index in [2.05, 4.69) is 0 Å². The van der Waals surface area contributed by atoms with Crippen molar-refractivity contribution < 1.29 is 89.7 Å². The third-order valence-corrected chi connectivity index (χ3v) is 0. The summed E-state index contributed by atoms with van der Waals surface area (Å²) >= 11 is 0. The third-order valence-electron chi connectivity index (χ3n) is 0. The first-order valence-electron chi connectivity index (χ1n) is 0. The normalized spacial score (nSPS) is 0. The predicted molar refractivity (Wildman–Crippen MR) is 5.75 cm³/mol. The zero-order valence-electron chi connectivity index (χ0n) is 2.46. The van der Waals surface area contributed by atoms with E-state index in [0.717, 1.165) is 0 Å². The summed E-state index contributed by atoms with van der Waals surface area (Å²) in [7, 11) is 0. The molecule has 0 N–H and O–H groups in total.